The van der Waals surface area contributed by atoms with Crippen molar-refractivity contribution in [1.29, 1.82) is 0 Å². The second-order valence-electron chi connectivity index (χ2n) is 7.17. The van der Waals surface area contributed by atoms with Gasteiger partial charge in [-0.2, -0.15) is 0 Å². The molecular formula is C22H23Cl2N3O2S. The number of rotatable bonds is 3. The number of benzene rings is 2. The SMILES string of the molecule is Cl.Cl.O=C(OCC1c2ccccc2-c2ccccc21)N1CCNC(c2cscn2)C1. The van der Waals surface area contributed by atoms with Crippen LogP contribution in [0, 0.1) is 0 Å². The molecule has 1 aromatic heterocycles. The molecule has 1 fully saturated rings. The van der Waals surface area contributed by atoms with Crippen LogP contribution in [0.5, 0.6) is 0 Å². The monoisotopic (exact) mass is 463 g/mol. The Kier molecular flexibility index (Phi) is 7.36. The topological polar surface area (TPSA) is 54.5 Å². The number of hydrogen-bond donors (Lipinski definition) is 1. The van der Waals surface area contributed by atoms with Crippen molar-refractivity contribution in [2.24, 2.45) is 0 Å². The number of carbonyl (C=O) groups excluding carboxylic acids is 1. The number of hydrogen-bond acceptors (Lipinski definition) is 5. The molecule has 5 nitrogen and oxygen atoms in total. The van der Waals surface area contributed by atoms with Crippen molar-refractivity contribution in [3.05, 3.63) is 76.2 Å². The molecule has 1 amide bonds. The van der Waals surface area contributed by atoms with E-state index >= 15 is 0 Å². The van der Waals surface area contributed by atoms with Gasteiger partial charge in [0.25, 0.3) is 0 Å². The maximum atomic E-state index is 12.8. The molecule has 0 saturated carbocycles. The van der Waals surface area contributed by atoms with Gasteiger partial charge in [0.2, 0.25) is 0 Å². The molecule has 1 N–H and O–H groups in total. The summed E-state index contributed by atoms with van der Waals surface area (Å²) >= 11 is 1.57. The minimum Gasteiger partial charge on any atom is -0.448 e. The Morgan fingerprint density at radius 3 is 2.40 bits per heavy atom. The molecule has 0 radical (unpaired) electrons. The fraction of sp³-hybridized carbons (Fsp3) is 0.273. The molecule has 8 heteroatoms. The molecule has 1 atom stereocenters. The third kappa shape index (κ3) is 4.18. The van der Waals surface area contributed by atoms with E-state index in [0.29, 0.717) is 19.7 Å². The van der Waals surface area contributed by atoms with E-state index in [2.05, 4.69) is 46.7 Å². The van der Waals surface area contributed by atoms with Crippen LogP contribution < -0.4 is 5.32 Å². The van der Waals surface area contributed by atoms with Crippen LogP contribution in [0.25, 0.3) is 11.1 Å². The number of halogens is 2. The van der Waals surface area contributed by atoms with Crippen molar-refractivity contribution >= 4 is 42.2 Å². The zero-order chi connectivity index (χ0) is 18.9. The Morgan fingerprint density at radius 2 is 1.77 bits per heavy atom. The van der Waals surface area contributed by atoms with Gasteiger partial charge in [-0.3, -0.25) is 0 Å². The summed E-state index contributed by atoms with van der Waals surface area (Å²) in [6.07, 6.45) is -0.247. The van der Waals surface area contributed by atoms with Gasteiger partial charge >= 0.3 is 6.09 Å². The number of piperazine rings is 1. The molecule has 5 rings (SSSR count). The Morgan fingerprint density at radius 1 is 1.10 bits per heavy atom. The maximum absolute atomic E-state index is 12.8. The Bertz CT molecular complexity index is 954. The summed E-state index contributed by atoms with van der Waals surface area (Å²) < 4.78 is 5.79. The highest BCUT2D eigenvalue weighted by Gasteiger charge is 2.31. The van der Waals surface area contributed by atoms with Crippen LogP contribution in [-0.4, -0.2) is 42.2 Å². The molecule has 2 heterocycles. The first-order valence-electron chi connectivity index (χ1n) is 9.52. The van der Waals surface area contributed by atoms with Crippen LogP contribution in [-0.2, 0) is 4.74 Å². The first-order valence-corrected chi connectivity index (χ1v) is 10.5. The molecule has 30 heavy (non-hydrogen) atoms. The lowest BCUT2D eigenvalue weighted by atomic mass is 9.98. The fourth-order valence-corrected chi connectivity index (χ4v) is 4.80. The van der Waals surface area contributed by atoms with E-state index in [9.17, 15) is 4.79 Å². The van der Waals surface area contributed by atoms with Crippen molar-refractivity contribution in [1.82, 2.24) is 15.2 Å². The third-order valence-electron chi connectivity index (χ3n) is 5.58. The highest BCUT2D eigenvalue weighted by atomic mass is 35.5. The summed E-state index contributed by atoms with van der Waals surface area (Å²) in [4.78, 5) is 18.9. The van der Waals surface area contributed by atoms with Gasteiger partial charge in [0.1, 0.15) is 6.61 Å². The van der Waals surface area contributed by atoms with E-state index in [4.69, 9.17) is 4.74 Å². The van der Waals surface area contributed by atoms with E-state index in [-0.39, 0.29) is 42.9 Å². The minimum absolute atomic E-state index is 0. The number of ether oxygens (including phenoxy) is 1. The van der Waals surface area contributed by atoms with E-state index in [0.717, 1.165) is 12.2 Å². The van der Waals surface area contributed by atoms with Gasteiger partial charge in [-0.05, 0) is 22.3 Å². The summed E-state index contributed by atoms with van der Waals surface area (Å²) in [7, 11) is 0. The average molecular weight is 464 g/mol. The van der Waals surface area contributed by atoms with Crippen molar-refractivity contribution < 1.29 is 9.53 Å². The largest absolute Gasteiger partial charge is 0.448 e. The van der Waals surface area contributed by atoms with Gasteiger partial charge in [-0.25, -0.2) is 9.78 Å². The summed E-state index contributed by atoms with van der Waals surface area (Å²) in [6.45, 7) is 2.34. The summed E-state index contributed by atoms with van der Waals surface area (Å²) in [5.74, 6) is 0.0913. The second kappa shape index (κ2) is 9.79. The fourth-order valence-electron chi connectivity index (χ4n) is 4.19. The van der Waals surface area contributed by atoms with Crippen molar-refractivity contribution in [3.8, 4) is 11.1 Å². The highest BCUT2D eigenvalue weighted by Crippen LogP contribution is 2.44. The van der Waals surface area contributed by atoms with E-state index in [1.165, 1.54) is 22.3 Å². The number of thiazole rings is 1. The molecule has 1 aliphatic heterocycles. The normalized spacial score (nSPS) is 17.3. The van der Waals surface area contributed by atoms with Gasteiger partial charge in [-0.15, -0.1) is 36.2 Å². The van der Waals surface area contributed by atoms with Gasteiger partial charge in [-0.1, -0.05) is 48.5 Å². The van der Waals surface area contributed by atoms with E-state index < -0.39 is 0 Å². The van der Waals surface area contributed by atoms with Gasteiger partial charge in [0.05, 0.1) is 17.2 Å². The smallest absolute Gasteiger partial charge is 0.409 e. The average Bonchev–Trinajstić information content (AvgIpc) is 3.39. The molecular weight excluding hydrogens is 441 g/mol. The van der Waals surface area contributed by atoms with Crippen molar-refractivity contribution in [3.63, 3.8) is 0 Å². The third-order valence-corrected chi connectivity index (χ3v) is 6.18. The van der Waals surface area contributed by atoms with Crippen LogP contribution >= 0.6 is 36.2 Å². The molecule has 2 aromatic carbocycles. The van der Waals surface area contributed by atoms with Crippen molar-refractivity contribution in [2.75, 3.05) is 26.2 Å². The van der Waals surface area contributed by atoms with E-state index in [1.807, 2.05) is 23.0 Å². The summed E-state index contributed by atoms with van der Waals surface area (Å²) in [5, 5.41) is 5.45. The van der Waals surface area contributed by atoms with Crippen LogP contribution in [0.15, 0.2) is 59.4 Å². The molecule has 1 saturated heterocycles. The van der Waals surface area contributed by atoms with E-state index in [1.54, 1.807) is 16.2 Å². The number of carbonyl (C=O) groups is 1. The lowest BCUT2D eigenvalue weighted by Gasteiger charge is -2.32. The first kappa shape index (κ1) is 22.6. The first-order chi connectivity index (χ1) is 13.8. The molecule has 0 bridgehead atoms. The number of aromatic nitrogens is 1. The standard InChI is InChI=1S/C22H21N3O2S.2ClH/c26-22(25-10-9-23-20(11-25)21-13-28-14-24-21)27-12-19-17-7-3-1-5-15(17)16-6-2-4-8-18(16)19;;/h1-8,13-14,19-20,23H,9-12H2;2*1H. The molecule has 1 unspecified atom stereocenters. The van der Waals surface area contributed by atoms with Crippen molar-refractivity contribution in [2.45, 2.75) is 12.0 Å². The molecule has 0 spiro atoms. The number of fused-ring (bicyclic) bond motifs is 3. The zero-order valence-electron chi connectivity index (χ0n) is 16.2. The summed E-state index contributed by atoms with van der Waals surface area (Å²) in [5.41, 5.74) is 7.76. The van der Waals surface area contributed by atoms with Crippen LogP contribution in [0.2, 0.25) is 0 Å². The number of nitrogens with zero attached hydrogens (tertiary/aromatic N) is 2. The predicted octanol–water partition coefficient (Wildman–Crippen LogP) is 4.88. The lowest BCUT2D eigenvalue weighted by Crippen LogP contribution is -2.48. The predicted molar refractivity (Wildman–Crippen MR) is 124 cm³/mol. The number of amides is 1. The highest BCUT2D eigenvalue weighted by molar-refractivity contribution is 7.07. The molecule has 2 aliphatic rings. The van der Waals surface area contributed by atoms with Crippen LogP contribution in [0.4, 0.5) is 4.79 Å². The molecule has 3 aromatic rings. The lowest BCUT2D eigenvalue weighted by molar-refractivity contribution is 0.0880. The van der Waals surface area contributed by atoms with Crippen LogP contribution in [0.1, 0.15) is 28.8 Å². The van der Waals surface area contributed by atoms with Crippen LogP contribution in [0.3, 0.4) is 0 Å². The van der Waals surface area contributed by atoms with Gasteiger partial charge in [0.15, 0.2) is 0 Å². The molecule has 158 valence electrons. The summed E-state index contributed by atoms with van der Waals surface area (Å²) in [6, 6.07) is 16.8. The van der Waals surface area contributed by atoms with Gasteiger partial charge < -0.3 is 15.0 Å². The Balaban J connectivity index is 0.00000128. The Hall–Kier alpha value is -2.12. The zero-order valence-corrected chi connectivity index (χ0v) is 18.6. The quantitative estimate of drug-likeness (QED) is 0.600. The maximum Gasteiger partial charge on any atom is 0.409 e. The molecule has 1 aliphatic carbocycles. The van der Waals surface area contributed by atoms with Gasteiger partial charge in [0, 0.05) is 30.9 Å². The number of nitrogens with one attached hydrogen (secondary N) is 1. The second-order valence-corrected chi connectivity index (χ2v) is 7.89. The minimum atomic E-state index is -0.247. The Labute approximate surface area is 192 Å².